The lowest BCUT2D eigenvalue weighted by molar-refractivity contribution is -0.0859. The minimum absolute atomic E-state index is 0.179. The van der Waals surface area contributed by atoms with E-state index in [1.165, 1.54) is 5.56 Å². The summed E-state index contributed by atoms with van der Waals surface area (Å²) in [4.78, 5) is 0. The molecule has 5 heteroatoms. The van der Waals surface area contributed by atoms with Gasteiger partial charge >= 0.3 is 0 Å². The Kier molecular flexibility index (Phi) is 9.12. The van der Waals surface area contributed by atoms with Gasteiger partial charge in [-0.25, -0.2) is 0 Å². The summed E-state index contributed by atoms with van der Waals surface area (Å²) in [5.41, 5.74) is 4.29. The Balaban J connectivity index is 1.44. The van der Waals surface area contributed by atoms with Gasteiger partial charge in [-0.3, -0.25) is 0 Å². The first-order valence-electron chi connectivity index (χ1n) is 12.0. The Morgan fingerprint density at radius 2 is 1.40 bits per heavy atom. The van der Waals surface area contributed by atoms with Crippen molar-refractivity contribution in [2.24, 2.45) is 0 Å². The van der Waals surface area contributed by atoms with Crippen LogP contribution in [0.15, 0.2) is 103 Å². The first kappa shape index (κ1) is 24.7. The number of aromatic nitrogens is 1. The molecular formula is C30H33NO4. The molecular weight excluding hydrogens is 438 g/mol. The SMILES string of the molecule is COc1ccc(CCn2cccc2[C@H](OCc2ccccc2)[C@H](O)COCc2ccccc2)cc1. The van der Waals surface area contributed by atoms with E-state index >= 15 is 0 Å². The third-order valence-corrected chi connectivity index (χ3v) is 5.98. The number of methoxy groups -OCH3 is 1. The molecule has 1 heterocycles. The van der Waals surface area contributed by atoms with E-state index in [-0.39, 0.29) is 6.61 Å². The van der Waals surface area contributed by atoms with Crippen LogP contribution in [-0.4, -0.2) is 29.5 Å². The van der Waals surface area contributed by atoms with Crippen molar-refractivity contribution >= 4 is 0 Å². The molecule has 0 bridgehead atoms. The lowest BCUT2D eigenvalue weighted by Crippen LogP contribution is -2.28. The van der Waals surface area contributed by atoms with Crippen molar-refractivity contribution in [1.29, 1.82) is 0 Å². The van der Waals surface area contributed by atoms with Crippen molar-refractivity contribution in [2.75, 3.05) is 13.7 Å². The quantitative estimate of drug-likeness (QED) is 0.277. The van der Waals surface area contributed by atoms with Crippen molar-refractivity contribution in [3.05, 3.63) is 126 Å². The molecule has 0 saturated heterocycles. The second-order valence-corrected chi connectivity index (χ2v) is 8.51. The van der Waals surface area contributed by atoms with Gasteiger partial charge in [0.15, 0.2) is 0 Å². The maximum Gasteiger partial charge on any atom is 0.126 e. The Morgan fingerprint density at radius 3 is 2.06 bits per heavy atom. The minimum atomic E-state index is -0.808. The van der Waals surface area contributed by atoms with Crippen LogP contribution in [0.1, 0.15) is 28.5 Å². The third kappa shape index (κ3) is 7.30. The normalized spacial score (nSPS) is 12.9. The summed E-state index contributed by atoms with van der Waals surface area (Å²) >= 11 is 0. The van der Waals surface area contributed by atoms with Crippen LogP contribution in [-0.2, 0) is 35.7 Å². The zero-order valence-corrected chi connectivity index (χ0v) is 20.1. The summed E-state index contributed by atoms with van der Waals surface area (Å²) in [5.74, 6) is 0.850. The topological polar surface area (TPSA) is 52.9 Å². The Bertz CT molecular complexity index is 1130. The second-order valence-electron chi connectivity index (χ2n) is 8.51. The minimum Gasteiger partial charge on any atom is -0.497 e. The van der Waals surface area contributed by atoms with E-state index in [1.807, 2.05) is 91.1 Å². The van der Waals surface area contributed by atoms with Crippen LogP contribution in [0.3, 0.4) is 0 Å². The van der Waals surface area contributed by atoms with Gasteiger partial charge < -0.3 is 23.9 Å². The van der Waals surface area contributed by atoms with Crippen LogP contribution >= 0.6 is 0 Å². The van der Waals surface area contributed by atoms with Gasteiger partial charge in [0.25, 0.3) is 0 Å². The average Bonchev–Trinajstić information content (AvgIpc) is 3.37. The highest BCUT2D eigenvalue weighted by Crippen LogP contribution is 2.25. The molecule has 0 aliphatic rings. The largest absolute Gasteiger partial charge is 0.497 e. The van der Waals surface area contributed by atoms with Gasteiger partial charge in [0.2, 0.25) is 0 Å². The lowest BCUT2D eigenvalue weighted by atomic mass is 10.1. The van der Waals surface area contributed by atoms with Crippen LogP contribution in [0.25, 0.3) is 0 Å². The summed E-state index contributed by atoms with van der Waals surface area (Å²) in [6, 6.07) is 32.1. The molecule has 1 aromatic heterocycles. The van der Waals surface area contributed by atoms with Gasteiger partial charge in [-0.1, -0.05) is 72.8 Å². The predicted octanol–water partition coefficient (Wildman–Crippen LogP) is 5.58. The number of hydrogen-bond donors (Lipinski definition) is 1. The maximum atomic E-state index is 11.1. The molecule has 0 radical (unpaired) electrons. The first-order chi connectivity index (χ1) is 17.2. The molecule has 35 heavy (non-hydrogen) atoms. The Labute approximate surface area is 207 Å². The van der Waals surface area contributed by atoms with Crippen molar-refractivity contribution in [3.63, 3.8) is 0 Å². The van der Waals surface area contributed by atoms with E-state index < -0.39 is 12.2 Å². The second kappa shape index (κ2) is 12.9. The maximum absolute atomic E-state index is 11.1. The van der Waals surface area contributed by atoms with E-state index in [4.69, 9.17) is 14.2 Å². The summed E-state index contributed by atoms with van der Waals surface area (Å²) in [6.45, 7) is 1.81. The fourth-order valence-corrected chi connectivity index (χ4v) is 4.04. The van der Waals surface area contributed by atoms with Crippen molar-refractivity contribution in [2.45, 2.75) is 38.4 Å². The molecule has 1 N–H and O–H groups in total. The van der Waals surface area contributed by atoms with E-state index in [9.17, 15) is 5.11 Å². The van der Waals surface area contributed by atoms with Gasteiger partial charge in [0.05, 0.1) is 26.9 Å². The fourth-order valence-electron chi connectivity index (χ4n) is 4.04. The highest BCUT2D eigenvalue weighted by molar-refractivity contribution is 5.27. The summed E-state index contributed by atoms with van der Waals surface area (Å²) < 4.78 is 19.6. The van der Waals surface area contributed by atoms with Crippen molar-refractivity contribution in [1.82, 2.24) is 4.57 Å². The lowest BCUT2D eigenvalue weighted by Gasteiger charge is -2.25. The molecule has 0 aliphatic heterocycles. The molecule has 0 amide bonds. The monoisotopic (exact) mass is 471 g/mol. The van der Waals surface area contributed by atoms with E-state index in [1.54, 1.807) is 7.11 Å². The third-order valence-electron chi connectivity index (χ3n) is 5.98. The van der Waals surface area contributed by atoms with Gasteiger partial charge in [-0.2, -0.15) is 0 Å². The average molecular weight is 472 g/mol. The van der Waals surface area contributed by atoms with Crippen LogP contribution in [0.2, 0.25) is 0 Å². The number of benzene rings is 3. The van der Waals surface area contributed by atoms with E-state index in [2.05, 4.69) is 16.7 Å². The zero-order chi connectivity index (χ0) is 24.3. The Morgan fingerprint density at radius 1 is 0.743 bits per heavy atom. The molecule has 0 unspecified atom stereocenters. The number of aliphatic hydroxyl groups is 1. The summed E-state index contributed by atoms with van der Waals surface area (Å²) in [7, 11) is 1.67. The molecule has 0 spiro atoms. The van der Waals surface area contributed by atoms with Crippen molar-refractivity contribution in [3.8, 4) is 5.75 Å². The first-order valence-corrected chi connectivity index (χ1v) is 12.0. The Hall–Kier alpha value is -3.38. The number of rotatable bonds is 13. The number of ether oxygens (including phenoxy) is 3. The fraction of sp³-hybridized carbons (Fsp3) is 0.267. The number of hydrogen-bond acceptors (Lipinski definition) is 4. The summed E-state index contributed by atoms with van der Waals surface area (Å²) in [6.07, 6.45) is 1.57. The van der Waals surface area contributed by atoms with Gasteiger partial charge in [0, 0.05) is 18.4 Å². The molecule has 2 atom stereocenters. The van der Waals surface area contributed by atoms with E-state index in [0.29, 0.717) is 13.2 Å². The number of aliphatic hydroxyl groups excluding tert-OH is 1. The molecule has 4 aromatic rings. The highest BCUT2D eigenvalue weighted by atomic mass is 16.5. The number of nitrogens with zero attached hydrogens (tertiary/aromatic N) is 1. The van der Waals surface area contributed by atoms with Gasteiger partial charge in [0.1, 0.15) is 18.0 Å². The molecule has 0 saturated carbocycles. The summed E-state index contributed by atoms with van der Waals surface area (Å²) in [5, 5.41) is 11.1. The molecule has 4 rings (SSSR count). The van der Waals surface area contributed by atoms with Gasteiger partial charge in [-0.05, 0) is 47.4 Å². The molecule has 0 aliphatic carbocycles. The standard InChI is InChI=1S/C30H33NO4/c1-33-27-16-14-24(15-17-27)18-20-31-19-8-13-28(31)30(35-22-26-11-6-3-7-12-26)29(32)23-34-21-25-9-4-2-5-10-25/h2-17,19,29-30,32H,18,20-23H2,1H3/t29-,30+/m1/s1. The highest BCUT2D eigenvalue weighted by Gasteiger charge is 2.25. The van der Waals surface area contributed by atoms with Gasteiger partial charge in [-0.15, -0.1) is 0 Å². The molecule has 5 nitrogen and oxygen atoms in total. The molecule has 0 fully saturated rings. The van der Waals surface area contributed by atoms with Crippen molar-refractivity contribution < 1.29 is 19.3 Å². The van der Waals surface area contributed by atoms with E-state index in [0.717, 1.165) is 35.5 Å². The molecule has 182 valence electrons. The zero-order valence-electron chi connectivity index (χ0n) is 20.1. The number of aryl methyl sites for hydroxylation is 2. The molecule has 3 aromatic carbocycles. The van der Waals surface area contributed by atoms with Crippen LogP contribution < -0.4 is 4.74 Å². The van der Waals surface area contributed by atoms with Crippen LogP contribution in [0.4, 0.5) is 0 Å². The van der Waals surface area contributed by atoms with Crippen LogP contribution in [0, 0.1) is 0 Å². The predicted molar refractivity (Wildman–Crippen MR) is 137 cm³/mol. The smallest absolute Gasteiger partial charge is 0.126 e. The van der Waals surface area contributed by atoms with Crippen LogP contribution in [0.5, 0.6) is 5.75 Å².